The van der Waals surface area contributed by atoms with Gasteiger partial charge in [0.05, 0.1) is 0 Å². The minimum absolute atomic E-state index is 0.605. The van der Waals surface area contributed by atoms with Crippen LogP contribution in [-0.4, -0.2) is 37.5 Å². The summed E-state index contributed by atoms with van der Waals surface area (Å²) in [6.45, 7) is 0. The van der Waals surface area contributed by atoms with E-state index in [9.17, 15) is 0 Å². The van der Waals surface area contributed by atoms with Gasteiger partial charge < -0.3 is 0 Å². The van der Waals surface area contributed by atoms with Crippen molar-refractivity contribution >= 4 is 37.5 Å². The molecule has 6 nitrogen and oxygen atoms in total. The van der Waals surface area contributed by atoms with E-state index in [4.69, 9.17) is 9.22 Å². The van der Waals surface area contributed by atoms with Gasteiger partial charge in [-0.25, -0.2) is 0 Å². The second-order valence-electron chi connectivity index (χ2n) is 16.6. The molecule has 0 atom stereocenters. The normalized spacial score (nSPS) is 11.8. The van der Waals surface area contributed by atoms with Crippen molar-refractivity contribution in [3.63, 3.8) is 0 Å². The van der Waals surface area contributed by atoms with Crippen molar-refractivity contribution in [2.45, 2.75) is 21.2 Å². The van der Waals surface area contributed by atoms with Crippen LogP contribution in [0.4, 0.5) is 0 Å². The fourth-order valence-electron chi connectivity index (χ4n) is 9.55. The molecule has 68 heavy (non-hydrogen) atoms. The van der Waals surface area contributed by atoms with Crippen LogP contribution in [0.5, 0.6) is 0 Å². The van der Waals surface area contributed by atoms with Gasteiger partial charge >= 0.3 is 405 Å². The number of carbonyl (C=O) groups is 3. The molecule has 0 aliphatic carbocycles. The topological polar surface area (TPSA) is 78.9 Å². The first kappa shape index (κ1) is 45.3. The summed E-state index contributed by atoms with van der Waals surface area (Å²) in [5, 5.41) is 0. The summed E-state index contributed by atoms with van der Waals surface area (Å²) in [5.41, 5.74) is 0.584. The van der Waals surface area contributed by atoms with Crippen LogP contribution in [0.25, 0.3) is 0 Å². The Morgan fingerprint density at radius 3 is 0.485 bits per heavy atom. The molecule has 0 radical (unpaired) electrons. The first-order valence-electron chi connectivity index (χ1n) is 22.5. The van der Waals surface area contributed by atoms with E-state index in [-0.39, 0.29) is 0 Å². The van der Waals surface area contributed by atoms with Gasteiger partial charge in [0.1, 0.15) is 0 Å². The molecular formula is C61H48O6Sn. The third-order valence-corrected chi connectivity index (χ3v) is 17.4. The molecule has 0 saturated carbocycles. The molecule has 332 valence electrons. The van der Waals surface area contributed by atoms with Crippen molar-refractivity contribution in [3.05, 3.63) is 323 Å². The molecule has 0 unspecified atom stereocenters. The summed E-state index contributed by atoms with van der Waals surface area (Å²) in [6.07, 6.45) is 0. The fraction of sp³-hybridized carbons (Fsp3) is 0.0656. The van der Waals surface area contributed by atoms with E-state index in [1.165, 1.54) is 4.94 Å². The predicted molar refractivity (Wildman–Crippen MR) is 268 cm³/mol. The maximum absolute atomic E-state index is 16.2. The molecular weight excluding hydrogens is 947 g/mol. The average molecular weight is 996 g/mol. The van der Waals surface area contributed by atoms with Crippen LogP contribution in [-0.2, 0) is 39.9 Å². The Morgan fingerprint density at radius 1 is 0.250 bits per heavy atom. The van der Waals surface area contributed by atoms with E-state index in [0.29, 0.717) is 50.1 Å². The Kier molecular flexibility index (Phi) is 13.3. The average Bonchev–Trinajstić information content (AvgIpc) is 3.40. The van der Waals surface area contributed by atoms with Gasteiger partial charge in [0.2, 0.25) is 0 Å². The zero-order chi connectivity index (χ0) is 46.9. The summed E-state index contributed by atoms with van der Waals surface area (Å²) < 4.78 is 21.0. The van der Waals surface area contributed by atoms with E-state index in [2.05, 4.69) is 0 Å². The van der Waals surface area contributed by atoms with E-state index in [1.807, 2.05) is 273 Å². The van der Waals surface area contributed by atoms with Gasteiger partial charge in [-0.05, 0) is 0 Å². The van der Waals surface area contributed by atoms with Crippen LogP contribution in [0.2, 0.25) is 4.94 Å². The van der Waals surface area contributed by atoms with Gasteiger partial charge in [-0.15, -0.1) is 0 Å². The van der Waals surface area contributed by atoms with E-state index < -0.39 is 53.8 Å². The van der Waals surface area contributed by atoms with Crippen LogP contribution < -0.4 is 0 Å². The van der Waals surface area contributed by atoms with Crippen molar-refractivity contribution in [2.75, 3.05) is 0 Å². The van der Waals surface area contributed by atoms with Crippen molar-refractivity contribution < 1.29 is 23.6 Å². The van der Waals surface area contributed by atoms with Crippen molar-refractivity contribution in [1.29, 1.82) is 0 Å². The Bertz CT molecular complexity index is 2440. The molecule has 0 bridgehead atoms. The van der Waals surface area contributed by atoms with E-state index in [1.54, 1.807) is 0 Å². The van der Waals surface area contributed by atoms with E-state index >= 15 is 14.4 Å². The fourth-order valence-corrected chi connectivity index (χ4v) is 14.1. The quantitative estimate of drug-likeness (QED) is 0.0752. The summed E-state index contributed by atoms with van der Waals surface area (Å²) >= 11 is -6.17. The zero-order valence-corrected chi connectivity index (χ0v) is 40.3. The third-order valence-electron chi connectivity index (χ3n) is 12.6. The van der Waals surface area contributed by atoms with Gasteiger partial charge in [0.15, 0.2) is 0 Å². The second-order valence-corrected chi connectivity index (χ2v) is 23.2. The summed E-state index contributed by atoms with van der Waals surface area (Å²) in [5.74, 6) is -2.31. The molecule has 0 aliphatic rings. The monoisotopic (exact) mass is 996 g/mol. The first-order chi connectivity index (χ1) is 33.3. The number of carbonyl (C=O) groups excluding carboxylic acids is 3. The van der Waals surface area contributed by atoms with Crippen molar-refractivity contribution in [3.8, 4) is 0 Å². The molecule has 7 heteroatoms. The van der Waals surface area contributed by atoms with Gasteiger partial charge in [-0.3, -0.25) is 0 Å². The molecule has 0 saturated heterocycles. The first-order valence-corrected chi connectivity index (χ1v) is 28.9. The molecule has 9 aromatic rings. The number of benzene rings is 9. The molecule has 0 aromatic heterocycles. The predicted octanol–water partition coefficient (Wildman–Crippen LogP) is 12.3. The standard InChI is InChI=1S/3C20H16O2.CH3.Sn/c3*21-19(22)20(16-10-4-1-5-11-16,17-12-6-2-7-13-17)18-14-8-3-9-15-18;;/h3*1-15H,(H,21,22);1H3;/q;;;;+3/p-3. The molecule has 0 amide bonds. The number of rotatable bonds is 15. The maximum atomic E-state index is 16.2. The molecule has 0 N–H and O–H groups in total. The second kappa shape index (κ2) is 20.0. The Labute approximate surface area is 403 Å². The van der Waals surface area contributed by atoms with Gasteiger partial charge in [0, 0.05) is 0 Å². The summed E-state index contributed by atoms with van der Waals surface area (Å²) in [6, 6.07) is 84.4. The summed E-state index contributed by atoms with van der Waals surface area (Å²) in [4.78, 5) is 50.2. The van der Waals surface area contributed by atoms with Crippen LogP contribution in [0.3, 0.4) is 0 Å². The Balaban J connectivity index is 1.30. The zero-order valence-electron chi connectivity index (χ0n) is 37.4. The van der Waals surface area contributed by atoms with Crippen molar-refractivity contribution in [1.82, 2.24) is 0 Å². The van der Waals surface area contributed by atoms with Crippen LogP contribution >= 0.6 is 0 Å². The van der Waals surface area contributed by atoms with Crippen LogP contribution in [0, 0.1) is 0 Å². The van der Waals surface area contributed by atoms with Gasteiger partial charge in [-0.2, -0.15) is 0 Å². The van der Waals surface area contributed by atoms with Gasteiger partial charge in [0.25, 0.3) is 0 Å². The Hall–Kier alpha value is -7.81. The SMILES string of the molecule is [CH3][Sn]([O]C(=O)C(c1ccccc1)(c1ccccc1)c1ccccc1)([O]C(=O)C(c1ccccc1)(c1ccccc1)c1ccccc1)[O]C(=O)C(c1ccccc1)(c1ccccc1)c1ccccc1. The van der Waals surface area contributed by atoms with Crippen molar-refractivity contribution in [2.24, 2.45) is 0 Å². The molecule has 0 fully saturated rings. The van der Waals surface area contributed by atoms with Gasteiger partial charge in [-0.1, -0.05) is 0 Å². The molecule has 0 heterocycles. The third kappa shape index (κ3) is 8.33. The molecule has 0 aliphatic heterocycles. The van der Waals surface area contributed by atoms with Crippen LogP contribution in [0.15, 0.2) is 273 Å². The molecule has 0 spiro atoms. The number of hydrogen-bond acceptors (Lipinski definition) is 6. The minimum atomic E-state index is -6.17. The molecule has 9 rings (SSSR count). The summed E-state index contributed by atoms with van der Waals surface area (Å²) in [7, 11) is 0. The number of hydrogen-bond donors (Lipinski definition) is 0. The van der Waals surface area contributed by atoms with Crippen LogP contribution in [0.1, 0.15) is 50.1 Å². The Morgan fingerprint density at radius 2 is 0.368 bits per heavy atom. The molecule has 9 aromatic carbocycles. The van der Waals surface area contributed by atoms with E-state index in [0.717, 1.165) is 0 Å².